The number of guanidine groups is 3. The van der Waals surface area contributed by atoms with Crippen LogP contribution < -0.4 is 153 Å². The van der Waals surface area contributed by atoms with E-state index in [1.807, 2.05) is 5.32 Å². The number of aromatic amines is 1. The summed E-state index contributed by atoms with van der Waals surface area (Å²) in [4.78, 5) is 304. The average Bonchev–Trinajstić information content (AvgIpc) is 1.28. The number of nitrogens with two attached hydrogens (primary N) is 11. The smallest absolute Gasteiger partial charge is 0.328 e. The second kappa shape index (κ2) is 59.5. The number of aromatic hydroxyl groups is 1. The van der Waals surface area contributed by atoms with E-state index in [0.29, 0.717) is 0 Å². The summed E-state index contributed by atoms with van der Waals surface area (Å²) >= 11 is 0. The first kappa shape index (κ1) is 115. The maximum absolute atomic E-state index is 14.8. The van der Waals surface area contributed by atoms with Crippen LogP contribution in [0.3, 0.4) is 0 Å². The number of carbonyl (C=O) groups is 22. The normalized spacial score (nSPS) is 14.4. The molecule has 748 valence electrons. The summed E-state index contributed by atoms with van der Waals surface area (Å²) in [5, 5.41) is 111. The maximum atomic E-state index is 14.8. The topological polar surface area (TPSA) is 1070 Å². The van der Waals surface area contributed by atoms with Crippen molar-refractivity contribution in [2.75, 3.05) is 32.8 Å². The number of unbranched alkanes of at least 4 members (excludes halogenated alkanes) is 1. The van der Waals surface area contributed by atoms with Gasteiger partial charge in [-0.15, -0.1) is 0 Å². The lowest BCUT2D eigenvalue weighted by molar-refractivity contribution is -0.145. The summed E-state index contributed by atoms with van der Waals surface area (Å²) in [6.45, 7) is -0.659. The van der Waals surface area contributed by atoms with Crippen LogP contribution in [0.5, 0.6) is 5.75 Å². The largest absolute Gasteiger partial charge is 0.508 e. The van der Waals surface area contributed by atoms with E-state index in [1.54, 1.807) is 0 Å². The Morgan fingerprint density at radius 1 is 0.370 bits per heavy atom. The number of aliphatic hydroxyl groups excluding tert-OH is 2. The summed E-state index contributed by atoms with van der Waals surface area (Å²) in [6, 6.07) is -24.5. The van der Waals surface area contributed by atoms with Crippen LogP contribution in [-0.4, -0.2) is 313 Å². The number of phenols is 1. The third-order valence-corrected chi connectivity index (χ3v) is 19.1. The van der Waals surface area contributed by atoms with Crippen molar-refractivity contribution < 1.29 is 131 Å². The number of amides is 20. The van der Waals surface area contributed by atoms with Crippen molar-refractivity contribution in [2.45, 2.75) is 226 Å². The summed E-state index contributed by atoms with van der Waals surface area (Å²) < 4.78 is 0. The van der Waals surface area contributed by atoms with Crippen LogP contribution in [0, 0.1) is 16.2 Å². The second-order valence-electron chi connectivity index (χ2n) is 30.5. The fourth-order valence-electron chi connectivity index (χ4n) is 12.3. The number of carboxylic acids is 2. The van der Waals surface area contributed by atoms with E-state index in [2.05, 4.69) is 95.0 Å². The SMILES string of the molecule is C[C@@H](O)[C@H](NC(=O)[C@H](CC(N)=O)NC(=O)[C@H](CC(N)=O)NC(=O)[C@H](Cc1c[nH]cn1)NC(=O)[C@H](CCCCN)NC(=O)[C@H](CCCNC(=N)N)NC(=O)[C@H](CC(N)=O)NC(=O)[C@H](Cc1ccc(O)cc1)NC(=O)[C@H](CO)NC(=O)[C@H](CCCNC(=N)N)NC(=O)[C@H](CC(N)=O)NC(=O)[C@H](CCC(=O)O)NC(=O)[C@H](CC(N)=O)NC(=O)[C@H](CC(N)=O)NC(=O)[C@@H](N)CCCNC(=N)N)C(=O)O. The first-order valence-electron chi connectivity index (χ1n) is 41.5. The molecule has 16 atom stereocenters. The van der Waals surface area contributed by atoms with E-state index in [-0.39, 0.29) is 94.1 Å². The molecule has 135 heavy (non-hydrogen) atoms. The van der Waals surface area contributed by atoms with Gasteiger partial charge in [0.2, 0.25) is 118 Å². The first-order valence-corrected chi connectivity index (χ1v) is 41.5. The van der Waals surface area contributed by atoms with Gasteiger partial charge in [0, 0.05) is 45.1 Å². The minimum absolute atomic E-state index is 0.0192. The molecule has 60 heteroatoms. The molecule has 0 unspecified atom stereocenters. The van der Waals surface area contributed by atoms with Gasteiger partial charge >= 0.3 is 11.9 Å². The Morgan fingerprint density at radius 3 is 0.956 bits per heavy atom. The number of carbonyl (C=O) groups excluding carboxylic acids is 20. The Hall–Kier alpha value is -15.8. The third kappa shape index (κ3) is 46.0. The number of benzene rings is 1. The van der Waals surface area contributed by atoms with Crippen molar-refractivity contribution in [3.05, 3.63) is 48.0 Å². The molecule has 0 bridgehead atoms. The molecular weight excluding hydrogens is 1800 g/mol. The molecule has 0 fully saturated rings. The number of phenolic OH excluding ortho intramolecular Hbond substituents is 1. The van der Waals surface area contributed by atoms with Crippen LogP contribution in [0.1, 0.15) is 127 Å². The lowest BCUT2D eigenvalue weighted by atomic mass is 10.0. The molecule has 2 aromatic rings. The van der Waals surface area contributed by atoms with Crippen LogP contribution in [0.15, 0.2) is 36.8 Å². The van der Waals surface area contributed by atoms with Crippen LogP contribution >= 0.6 is 0 Å². The van der Waals surface area contributed by atoms with Crippen LogP contribution in [0.2, 0.25) is 0 Å². The number of carboxylic acid groups (broad SMARTS) is 2. The van der Waals surface area contributed by atoms with Crippen molar-refractivity contribution in [1.29, 1.82) is 16.2 Å². The van der Waals surface area contributed by atoms with E-state index in [4.69, 9.17) is 79.3 Å². The number of aliphatic carboxylic acids is 2. The van der Waals surface area contributed by atoms with E-state index >= 15 is 0 Å². The van der Waals surface area contributed by atoms with Crippen LogP contribution in [-0.2, 0) is 118 Å². The molecular formula is C75H121N33O27. The van der Waals surface area contributed by atoms with Gasteiger partial charge in [-0.05, 0) is 95.4 Å². The van der Waals surface area contributed by atoms with Gasteiger partial charge in [-0.3, -0.25) is 117 Å². The Bertz CT molecular complexity index is 4520. The maximum Gasteiger partial charge on any atom is 0.328 e. The van der Waals surface area contributed by atoms with Gasteiger partial charge in [0.15, 0.2) is 23.9 Å². The zero-order valence-electron chi connectivity index (χ0n) is 73.2. The molecule has 0 aliphatic heterocycles. The summed E-state index contributed by atoms with van der Waals surface area (Å²) in [7, 11) is 0. The van der Waals surface area contributed by atoms with E-state index in [1.165, 1.54) is 24.7 Å². The van der Waals surface area contributed by atoms with E-state index in [0.717, 1.165) is 19.1 Å². The van der Waals surface area contributed by atoms with Gasteiger partial charge in [-0.25, -0.2) is 9.78 Å². The highest BCUT2D eigenvalue weighted by Gasteiger charge is 2.41. The van der Waals surface area contributed by atoms with Gasteiger partial charge in [0.1, 0.15) is 84.3 Å². The molecule has 0 saturated heterocycles. The second-order valence-corrected chi connectivity index (χ2v) is 30.5. The Balaban J connectivity index is 2.70. The Labute approximate surface area is 768 Å². The average molecular weight is 1920 g/mol. The zero-order valence-corrected chi connectivity index (χ0v) is 73.2. The molecule has 1 heterocycles. The number of aliphatic hydroxyl groups is 2. The molecule has 0 spiro atoms. The first-order chi connectivity index (χ1) is 63.3. The van der Waals surface area contributed by atoms with Crippen molar-refractivity contribution in [2.24, 2.45) is 63.1 Å². The number of primary amides is 6. The van der Waals surface area contributed by atoms with Crippen LogP contribution in [0.25, 0.3) is 0 Å². The number of H-pyrrole nitrogens is 1. The lowest BCUT2D eigenvalue weighted by Crippen LogP contribution is -2.62. The summed E-state index contributed by atoms with van der Waals surface area (Å²) in [5.74, 6) is -31.6. The van der Waals surface area contributed by atoms with Gasteiger partial charge in [-0.1, -0.05) is 12.1 Å². The minimum atomic E-state index is -2.19. The molecule has 48 N–H and O–H groups in total. The standard InChI is InChI=1S/C75H121N33O27/c1-32(110)57(72(134)135)108-70(132)48(28-55(83)117)106-69(131)47(27-54(82)116)104-64(126)42(22-34-29-90-31-94-34)101-60(122)37(8-2-3-17-76)95-59(121)38(9-5-19-92-74(86)87)96-66(128)45(25-52(80)114)103-63(125)41(21-33-11-13-35(111)14-12-33)100-71(133)49(30-109)107-61(123)39(10-6-20-93-75(88)89)97-65(127)44(24-51(79)113)102-62(124)40(15-16-56(118)119)98-67(129)46(26-53(81)115)105-68(130)43(23-50(78)112)99-58(120)36(77)7-4-18-91-73(84)85/h11-14,29,31-32,36-49,57,109-111H,2-10,15-28,30,76-77H2,1H3,(H2,78,112)(H2,79,113)(H2,80,114)(H2,81,115)(H2,82,116)(H2,83,117)(H,90,94)(H,95,121)(H,96,128)(H,97,127)(H,98,129)(H,99,120)(H,100,133)(H,101,122)(H,102,124)(H,103,125)(H,104,126)(H,105,130)(H,106,131)(H,107,123)(H,108,132)(H,118,119)(H,134,135)(H4,84,85,91)(H4,86,87,92)(H4,88,89,93)/t32-,36+,37+,38+,39+,40+,41+,42+,43+,44+,45+,46+,47+,48+,49+,57+/m1/s1. The lowest BCUT2D eigenvalue weighted by Gasteiger charge is -2.28. The van der Waals surface area contributed by atoms with Gasteiger partial charge in [-0.2, -0.15) is 0 Å². The highest BCUT2D eigenvalue weighted by molar-refractivity contribution is 6.03. The van der Waals surface area contributed by atoms with E-state index < -0.39 is 322 Å². The monoisotopic (exact) mass is 1920 g/mol. The highest BCUT2D eigenvalue weighted by atomic mass is 16.4. The molecule has 2 rings (SSSR count). The summed E-state index contributed by atoms with van der Waals surface area (Å²) in [5.41, 5.74) is 60.7. The van der Waals surface area contributed by atoms with Gasteiger partial charge < -0.3 is 184 Å². The number of imidazole rings is 1. The molecule has 1 aromatic carbocycles. The molecule has 20 amide bonds. The molecule has 1 aromatic heterocycles. The van der Waals surface area contributed by atoms with Crippen molar-refractivity contribution in [3.8, 4) is 5.75 Å². The highest BCUT2D eigenvalue weighted by Crippen LogP contribution is 2.16. The van der Waals surface area contributed by atoms with Gasteiger partial charge in [0.25, 0.3) is 0 Å². The van der Waals surface area contributed by atoms with Gasteiger partial charge in [0.05, 0.1) is 69.3 Å². The number of aromatic nitrogens is 2. The number of rotatable bonds is 66. The number of hydrogen-bond acceptors (Lipinski definition) is 31. The zero-order chi connectivity index (χ0) is 102. The predicted octanol–water partition coefficient (Wildman–Crippen LogP) is -17.5. The number of nitrogens with one attached hydrogen (secondary N) is 21. The molecule has 0 radical (unpaired) electrons. The fourth-order valence-corrected chi connectivity index (χ4v) is 12.3. The fraction of sp³-hybridized carbons (Fsp3) is 0.547. The Kier molecular flexibility index (Phi) is 50.8. The quantitative estimate of drug-likeness (QED) is 0.0166. The third-order valence-electron chi connectivity index (χ3n) is 19.1. The Morgan fingerprint density at radius 2 is 0.652 bits per heavy atom. The molecule has 60 nitrogen and oxygen atoms in total. The van der Waals surface area contributed by atoms with Crippen molar-refractivity contribution in [1.82, 2.24) is 100 Å². The number of hydrogen-bond donors (Lipinski definition) is 37. The van der Waals surface area contributed by atoms with Crippen LogP contribution in [0.4, 0.5) is 0 Å². The van der Waals surface area contributed by atoms with E-state index in [9.17, 15) is 131 Å². The molecule has 0 saturated carbocycles. The number of nitrogens with zero attached hydrogens (tertiary/aromatic N) is 1. The predicted molar refractivity (Wildman–Crippen MR) is 466 cm³/mol. The van der Waals surface area contributed by atoms with Crippen molar-refractivity contribution >= 4 is 148 Å². The minimum Gasteiger partial charge on any atom is -0.508 e. The molecule has 0 aliphatic rings. The summed E-state index contributed by atoms with van der Waals surface area (Å²) in [6.07, 6.45) is -9.91. The molecule has 0 aliphatic carbocycles. The van der Waals surface area contributed by atoms with Crippen molar-refractivity contribution in [3.63, 3.8) is 0 Å².